The summed E-state index contributed by atoms with van der Waals surface area (Å²) in [5.74, 6) is -0.753. The number of hydrogen-bond donors (Lipinski definition) is 1. The van der Waals surface area contributed by atoms with E-state index in [0.717, 1.165) is 5.56 Å². The highest BCUT2D eigenvalue weighted by Crippen LogP contribution is 2.32. The smallest absolute Gasteiger partial charge is 0.259 e. The van der Waals surface area contributed by atoms with Gasteiger partial charge in [-0.1, -0.05) is 17.7 Å². The maximum absolute atomic E-state index is 13.3. The van der Waals surface area contributed by atoms with E-state index in [1.54, 1.807) is 6.07 Å². The molecular formula is C15H11ClFNO2. The lowest BCUT2D eigenvalue weighted by Gasteiger charge is -2.18. The van der Waals surface area contributed by atoms with Crippen LogP contribution in [0.15, 0.2) is 36.4 Å². The van der Waals surface area contributed by atoms with Crippen LogP contribution in [0, 0.1) is 5.82 Å². The van der Waals surface area contributed by atoms with Crippen molar-refractivity contribution in [2.45, 2.75) is 6.42 Å². The summed E-state index contributed by atoms with van der Waals surface area (Å²) in [5.41, 5.74) is 1.70. The molecule has 0 saturated heterocycles. The number of halogens is 2. The number of phenols is 1. The van der Waals surface area contributed by atoms with Crippen LogP contribution >= 0.6 is 11.6 Å². The van der Waals surface area contributed by atoms with E-state index in [4.69, 9.17) is 11.6 Å². The van der Waals surface area contributed by atoms with Crippen LogP contribution in [-0.4, -0.2) is 17.6 Å². The van der Waals surface area contributed by atoms with Crippen molar-refractivity contribution in [3.8, 4) is 5.75 Å². The first-order chi connectivity index (χ1) is 9.56. The Morgan fingerprint density at radius 3 is 2.85 bits per heavy atom. The number of rotatable bonds is 1. The zero-order valence-electron chi connectivity index (χ0n) is 10.4. The molecule has 20 heavy (non-hydrogen) atoms. The summed E-state index contributed by atoms with van der Waals surface area (Å²) in [5, 5.41) is 9.74. The highest BCUT2D eigenvalue weighted by atomic mass is 35.5. The third-order valence-electron chi connectivity index (χ3n) is 3.37. The standard InChI is InChI=1S/C15H11ClFNO2/c16-13-4-3-11(19)8-12(13)15(20)18-6-5-9-1-2-10(17)7-14(9)18/h1-4,7-8,19H,5-6H2. The minimum Gasteiger partial charge on any atom is -0.508 e. The Morgan fingerprint density at radius 1 is 1.25 bits per heavy atom. The highest BCUT2D eigenvalue weighted by molar-refractivity contribution is 6.34. The fourth-order valence-electron chi connectivity index (χ4n) is 2.39. The third kappa shape index (κ3) is 2.12. The Bertz CT molecular complexity index is 702. The number of amides is 1. The van der Waals surface area contributed by atoms with Gasteiger partial charge in [-0.05, 0) is 42.3 Å². The van der Waals surface area contributed by atoms with Crippen molar-refractivity contribution in [3.05, 3.63) is 58.4 Å². The maximum atomic E-state index is 13.3. The summed E-state index contributed by atoms with van der Waals surface area (Å²) in [4.78, 5) is 14.0. The van der Waals surface area contributed by atoms with Crippen molar-refractivity contribution in [2.24, 2.45) is 0 Å². The van der Waals surface area contributed by atoms with Gasteiger partial charge in [-0.15, -0.1) is 0 Å². The lowest BCUT2D eigenvalue weighted by molar-refractivity contribution is 0.0989. The van der Waals surface area contributed by atoms with E-state index in [1.807, 2.05) is 0 Å². The van der Waals surface area contributed by atoms with Gasteiger partial charge in [0.1, 0.15) is 11.6 Å². The summed E-state index contributed by atoms with van der Waals surface area (Å²) in [7, 11) is 0. The van der Waals surface area contributed by atoms with Gasteiger partial charge in [0.05, 0.1) is 16.3 Å². The van der Waals surface area contributed by atoms with Gasteiger partial charge in [0.2, 0.25) is 0 Å². The molecule has 1 aliphatic heterocycles. The van der Waals surface area contributed by atoms with Crippen LogP contribution in [0.25, 0.3) is 0 Å². The molecule has 3 rings (SSSR count). The first kappa shape index (κ1) is 12.9. The Labute approximate surface area is 120 Å². The SMILES string of the molecule is O=C(c1cc(O)ccc1Cl)N1CCc2ccc(F)cc21. The fourth-order valence-corrected chi connectivity index (χ4v) is 2.58. The fraction of sp³-hybridized carbons (Fsp3) is 0.133. The van der Waals surface area contributed by atoms with Crippen LogP contribution in [0.4, 0.5) is 10.1 Å². The third-order valence-corrected chi connectivity index (χ3v) is 3.70. The molecule has 1 amide bonds. The molecule has 0 atom stereocenters. The molecule has 0 spiro atoms. The lowest BCUT2D eigenvalue weighted by atomic mass is 10.1. The second-order valence-electron chi connectivity index (χ2n) is 4.64. The second-order valence-corrected chi connectivity index (χ2v) is 5.05. The number of fused-ring (bicyclic) bond motifs is 1. The quantitative estimate of drug-likeness (QED) is 0.875. The van der Waals surface area contributed by atoms with Crippen LogP contribution in [0.2, 0.25) is 5.02 Å². The van der Waals surface area contributed by atoms with Crippen molar-refractivity contribution in [1.29, 1.82) is 0 Å². The zero-order valence-corrected chi connectivity index (χ0v) is 11.2. The Morgan fingerprint density at radius 2 is 2.05 bits per heavy atom. The predicted octanol–water partition coefficient (Wildman–Crippen LogP) is 3.39. The zero-order chi connectivity index (χ0) is 14.3. The second kappa shape index (κ2) is 4.80. The molecule has 2 aromatic rings. The first-order valence-electron chi connectivity index (χ1n) is 6.15. The number of benzene rings is 2. The Hall–Kier alpha value is -2.07. The predicted molar refractivity (Wildman–Crippen MR) is 74.9 cm³/mol. The Kier molecular flexibility index (Phi) is 3.10. The summed E-state index contributed by atoms with van der Waals surface area (Å²) in [6.07, 6.45) is 0.678. The molecule has 3 nitrogen and oxygen atoms in total. The topological polar surface area (TPSA) is 40.5 Å². The van der Waals surface area contributed by atoms with E-state index in [-0.39, 0.29) is 28.1 Å². The van der Waals surface area contributed by atoms with Crippen LogP contribution in [0.3, 0.4) is 0 Å². The van der Waals surface area contributed by atoms with Crippen molar-refractivity contribution in [1.82, 2.24) is 0 Å². The molecule has 0 aromatic heterocycles. The van der Waals surface area contributed by atoms with E-state index in [9.17, 15) is 14.3 Å². The van der Waals surface area contributed by atoms with E-state index in [0.29, 0.717) is 18.7 Å². The van der Waals surface area contributed by atoms with E-state index in [1.165, 1.54) is 35.2 Å². The van der Waals surface area contributed by atoms with Crippen LogP contribution < -0.4 is 4.90 Å². The molecule has 0 saturated carbocycles. The van der Waals surface area contributed by atoms with Gasteiger partial charge in [-0.25, -0.2) is 4.39 Å². The summed E-state index contributed by atoms with van der Waals surface area (Å²) >= 11 is 6.00. The number of aromatic hydroxyl groups is 1. The number of carbonyl (C=O) groups excluding carboxylic acids is 1. The van der Waals surface area contributed by atoms with Gasteiger partial charge in [-0.2, -0.15) is 0 Å². The van der Waals surface area contributed by atoms with Crippen LogP contribution in [0.5, 0.6) is 5.75 Å². The number of nitrogens with zero attached hydrogens (tertiary/aromatic N) is 1. The molecule has 0 radical (unpaired) electrons. The number of anilines is 1. The van der Waals surface area contributed by atoms with Crippen molar-refractivity contribution >= 4 is 23.2 Å². The largest absolute Gasteiger partial charge is 0.508 e. The summed E-state index contributed by atoms with van der Waals surface area (Å²) in [6.45, 7) is 0.476. The highest BCUT2D eigenvalue weighted by Gasteiger charge is 2.27. The van der Waals surface area contributed by atoms with Gasteiger partial charge >= 0.3 is 0 Å². The number of phenolic OH excluding ortho intramolecular Hbond substituents is 1. The minimum atomic E-state index is -0.384. The summed E-state index contributed by atoms with van der Waals surface area (Å²) < 4.78 is 13.3. The van der Waals surface area contributed by atoms with Gasteiger partial charge in [0.15, 0.2) is 0 Å². The Balaban J connectivity index is 2.01. The van der Waals surface area contributed by atoms with Gasteiger partial charge in [0.25, 0.3) is 5.91 Å². The molecule has 0 fully saturated rings. The van der Waals surface area contributed by atoms with E-state index >= 15 is 0 Å². The molecule has 1 aliphatic rings. The van der Waals surface area contributed by atoms with Gasteiger partial charge < -0.3 is 10.0 Å². The lowest BCUT2D eigenvalue weighted by Crippen LogP contribution is -2.29. The maximum Gasteiger partial charge on any atom is 0.259 e. The first-order valence-corrected chi connectivity index (χ1v) is 6.53. The number of carbonyl (C=O) groups is 1. The van der Waals surface area contributed by atoms with E-state index in [2.05, 4.69) is 0 Å². The average Bonchev–Trinajstić information content (AvgIpc) is 2.83. The van der Waals surface area contributed by atoms with Gasteiger partial charge in [-0.3, -0.25) is 4.79 Å². The molecule has 0 unspecified atom stereocenters. The molecular weight excluding hydrogens is 281 g/mol. The van der Waals surface area contributed by atoms with E-state index < -0.39 is 0 Å². The van der Waals surface area contributed by atoms with Crippen molar-refractivity contribution < 1.29 is 14.3 Å². The molecule has 1 heterocycles. The molecule has 0 aliphatic carbocycles. The van der Waals surface area contributed by atoms with Crippen LogP contribution in [-0.2, 0) is 6.42 Å². The monoisotopic (exact) mass is 291 g/mol. The number of hydrogen-bond acceptors (Lipinski definition) is 2. The molecule has 1 N–H and O–H groups in total. The normalized spacial score (nSPS) is 13.4. The minimum absolute atomic E-state index is 0.0311. The van der Waals surface area contributed by atoms with Crippen molar-refractivity contribution in [2.75, 3.05) is 11.4 Å². The molecule has 2 aromatic carbocycles. The molecule has 0 bridgehead atoms. The molecule has 5 heteroatoms. The molecule has 102 valence electrons. The van der Waals surface area contributed by atoms with Gasteiger partial charge in [0, 0.05) is 6.54 Å². The van der Waals surface area contributed by atoms with Crippen LogP contribution in [0.1, 0.15) is 15.9 Å². The summed E-state index contributed by atoms with van der Waals surface area (Å²) in [6, 6.07) is 8.61. The van der Waals surface area contributed by atoms with Crippen molar-refractivity contribution in [3.63, 3.8) is 0 Å². The average molecular weight is 292 g/mol.